The molecule has 1 unspecified atom stereocenters. The Kier molecular flexibility index (Phi) is 4.79. The first-order chi connectivity index (χ1) is 12.4. The summed E-state index contributed by atoms with van der Waals surface area (Å²) in [7, 11) is 3.33. The van der Waals surface area contributed by atoms with Gasteiger partial charge >= 0.3 is 0 Å². The summed E-state index contributed by atoms with van der Waals surface area (Å²) in [6, 6.07) is 9.14. The van der Waals surface area contributed by atoms with E-state index in [1.807, 2.05) is 44.2 Å². The van der Waals surface area contributed by atoms with Crippen molar-refractivity contribution in [3.05, 3.63) is 58.1 Å². The van der Waals surface area contributed by atoms with E-state index < -0.39 is 0 Å². The van der Waals surface area contributed by atoms with Crippen LogP contribution in [0.25, 0.3) is 10.9 Å². The van der Waals surface area contributed by atoms with Gasteiger partial charge in [0.2, 0.25) is 5.91 Å². The molecular weight excluding hydrogens is 332 g/mol. The molecule has 2 aromatic heterocycles. The molecule has 0 saturated carbocycles. The van der Waals surface area contributed by atoms with Crippen LogP contribution in [0.1, 0.15) is 24.2 Å². The topological polar surface area (TPSA) is 78.2 Å². The number of methoxy groups -OCH3 is 1. The molecule has 136 valence electrons. The highest BCUT2D eigenvalue weighted by molar-refractivity contribution is 5.81. The van der Waals surface area contributed by atoms with Crippen LogP contribution in [0.4, 0.5) is 0 Å². The molecule has 26 heavy (non-hydrogen) atoms. The zero-order valence-corrected chi connectivity index (χ0v) is 15.3. The van der Waals surface area contributed by atoms with Crippen LogP contribution in [-0.2, 0) is 18.4 Å². The van der Waals surface area contributed by atoms with Gasteiger partial charge in [-0.05, 0) is 37.6 Å². The summed E-state index contributed by atoms with van der Waals surface area (Å²) < 4.78 is 8.16. The van der Waals surface area contributed by atoms with Gasteiger partial charge in [0.25, 0.3) is 5.56 Å². The molecule has 3 aromatic rings. The van der Waals surface area contributed by atoms with Gasteiger partial charge in [0, 0.05) is 18.6 Å². The minimum atomic E-state index is -0.235. The van der Waals surface area contributed by atoms with Crippen LogP contribution in [0.3, 0.4) is 0 Å². The smallest absolute Gasteiger partial charge is 0.277 e. The molecule has 2 heterocycles. The lowest BCUT2D eigenvalue weighted by Crippen LogP contribution is -2.34. The maximum Gasteiger partial charge on any atom is 0.277 e. The summed E-state index contributed by atoms with van der Waals surface area (Å²) in [6.45, 7) is 3.70. The Labute approximate surface area is 151 Å². The Morgan fingerprint density at radius 2 is 2.12 bits per heavy atom. The largest absolute Gasteiger partial charge is 0.497 e. The van der Waals surface area contributed by atoms with E-state index in [1.54, 1.807) is 25.0 Å². The number of nitrogens with zero attached hydrogens (tertiary/aromatic N) is 3. The van der Waals surface area contributed by atoms with E-state index in [1.165, 1.54) is 4.57 Å². The van der Waals surface area contributed by atoms with Gasteiger partial charge in [-0.1, -0.05) is 12.1 Å². The van der Waals surface area contributed by atoms with Crippen LogP contribution in [-0.4, -0.2) is 27.4 Å². The normalized spacial score (nSPS) is 12.2. The number of aryl methyl sites for hydroxylation is 2. The summed E-state index contributed by atoms with van der Waals surface area (Å²) in [6.07, 6.45) is 1.63. The second kappa shape index (κ2) is 7.03. The summed E-state index contributed by atoms with van der Waals surface area (Å²) in [4.78, 5) is 25.0. The zero-order chi connectivity index (χ0) is 18.8. The third kappa shape index (κ3) is 3.33. The number of amides is 1. The van der Waals surface area contributed by atoms with E-state index in [0.717, 1.165) is 22.4 Å². The number of ether oxygens (including phenoxy) is 1. The first-order valence-corrected chi connectivity index (χ1v) is 8.36. The van der Waals surface area contributed by atoms with Crippen molar-refractivity contribution in [3.63, 3.8) is 0 Å². The van der Waals surface area contributed by atoms with Gasteiger partial charge in [-0.15, -0.1) is 0 Å². The molecule has 1 atom stereocenters. The number of nitrogens with one attached hydrogen (secondary N) is 1. The van der Waals surface area contributed by atoms with Gasteiger partial charge in [-0.2, -0.15) is 5.10 Å². The molecule has 0 spiro atoms. The molecule has 0 aliphatic heterocycles. The first-order valence-electron chi connectivity index (χ1n) is 8.36. The lowest BCUT2D eigenvalue weighted by Gasteiger charge is -2.16. The van der Waals surface area contributed by atoms with Gasteiger partial charge in [-0.25, -0.2) is 0 Å². The van der Waals surface area contributed by atoms with Crippen LogP contribution in [0.15, 0.2) is 41.3 Å². The molecule has 1 N–H and O–H groups in total. The fraction of sp³-hybridized carbons (Fsp3) is 0.316. The van der Waals surface area contributed by atoms with Crippen molar-refractivity contribution in [2.75, 3.05) is 7.11 Å². The molecule has 0 bridgehead atoms. The molecule has 0 radical (unpaired) electrons. The van der Waals surface area contributed by atoms with Gasteiger partial charge in [0.15, 0.2) is 0 Å². The van der Waals surface area contributed by atoms with Gasteiger partial charge in [-0.3, -0.25) is 14.3 Å². The Hall–Kier alpha value is -3.09. The fourth-order valence-electron chi connectivity index (χ4n) is 3.06. The van der Waals surface area contributed by atoms with Crippen molar-refractivity contribution in [1.82, 2.24) is 19.7 Å². The Morgan fingerprint density at radius 1 is 1.35 bits per heavy atom. The van der Waals surface area contributed by atoms with Crippen molar-refractivity contribution in [2.24, 2.45) is 7.05 Å². The number of benzene rings is 1. The number of rotatable bonds is 5. The van der Waals surface area contributed by atoms with Crippen molar-refractivity contribution in [2.45, 2.75) is 26.4 Å². The van der Waals surface area contributed by atoms with Crippen LogP contribution >= 0.6 is 0 Å². The first kappa shape index (κ1) is 17.7. The van der Waals surface area contributed by atoms with E-state index in [0.29, 0.717) is 5.52 Å². The predicted octanol–water partition coefficient (Wildman–Crippen LogP) is 1.93. The second-order valence-electron chi connectivity index (χ2n) is 6.29. The number of pyridine rings is 1. The van der Waals surface area contributed by atoms with Crippen LogP contribution in [0, 0.1) is 6.92 Å². The summed E-state index contributed by atoms with van der Waals surface area (Å²) in [5, 5.41) is 7.99. The molecular formula is C19H22N4O3. The lowest BCUT2D eigenvalue weighted by atomic mass is 10.1. The highest BCUT2D eigenvalue weighted by Crippen LogP contribution is 2.18. The standard InChI is InChI=1S/C19H22N4O3/c1-12(14-6-5-7-15(10-14)26-4)20-17(24)11-23-9-8-16-13(2)21-22(3)18(16)19(23)25/h5-10,12H,11H2,1-4H3,(H,20,24). The number of carbonyl (C=O) groups excluding carboxylic acids is 1. The van der Waals surface area contributed by atoms with Gasteiger partial charge < -0.3 is 14.6 Å². The highest BCUT2D eigenvalue weighted by atomic mass is 16.5. The molecule has 0 aliphatic carbocycles. The maximum absolute atomic E-state index is 12.6. The van der Waals surface area contributed by atoms with E-state index >= 15 is 0 Å². The molecule has 1 amide bonds. The van der Waals surface area contributed by atoms with E-state index in [9.17, 15) is 9.59 Å². The average Bonchev–Trinajstić information content (AvgIpc) is 2.91. The number of aromatic nitrogens is 3. The number of carbonyl (C=O) groups is 1. The Bertz CT molecular complexity index is 1020. The van der Waals surface area contributed by atoms with Crippen LogP contribution in [0.5, 0.6) is 5.75 Å². The van der Waals surface area contributed by atoms with Crippen molar-refractivity contribution in [3.8, 4) is 5.75 Å². The van der Waals surface area contributed by atoms with Gasteiger partial charge in [0.1, 0.15) is 17.8 Å². The molecule has 3 rings (SSSR count). The lowest BCUT2D eigenvalue weighted by molar-refractivity contribution is -0.122. The third-order valence-corrected chi connectivity index (χ3v) is 4.44. The van der Waals surface area contributed by atoms with Crippen molar-refractivity contribution >= 4 is 16.8 Å². The molecule has 0 saturated heterocycles. The number of hydrogen-bond acceptors (Lipinski definition) is 4. The summed E-state index contributed by atoms with van der Waals surface area (Å²) in [5.41, 5.74) is 2.00. The summed E-state index contributed by atoms with van der Waals surface area (Å²) in [5.74, 6) is 0.498. The minimum absolute atomic E-state index is 0.0483. The molecule has 0 fully saturated rings. The van der Waals surface area contributed by atoms with E-state index in [2.05, 4.69) is 10.4 Å². The minimum Gasteiger partial charge on any atom is -0.497 e. The fourth-order valence-corrected chi connectivity index (χ4v) is 3.06. The molecule has 1 aromatic carbocycles. The second-order valence-corrected chi connectivity index (χ2v) is 6.29. The Morgan fingerprint density at radius 3 is 2.85 bits per heavy atom. The van der Waals surface area contributed by atoms with Crippen LogP contribution in [0.2, 0.25) is 0 Å². The van der Waals surface area contributed by atoms with Crippen molar-refractivity contribution < 1.29 is 9.53 Å². The monoisotopic (exact) mass is 354 g/mol. The average molecular weight is 354 g/mol. The molecule has 7 nitrogen and oxygen atoms in total. The van der Waals surface area contributed by atoms with Crippen molar-refractivity contribution in [1.29, 1.82) is 0 Å². The summed E-state index contributed by atoms with van der Waals surface area (Å²) >= 11 is 0. The predicted molar refractivity (Wildman–Crippen MR) is 99.3 cm³/mol. The quantitative estimate of drug-likeness (QED) is 0.759. The van der Waals surface area contributed by atoms with E-state index in [4.69, 9.17) is 4.74 Å². The number of hydrogen-bond donors (Lipinski definition) is 1. The van der Waals surface area contributed by atoms with E-state index in [-0.39, 0.29) is 24.1 Å². The molecule has 7 heteroatoms. The zero-order valence-electron chi connectivity index (χ0n) is 15.3. The van der Waals surface area contributed by atoms with Crippen LogP contribution < -0.4 is 15.6 Å². The SMILES string of the molecule is COc1cccc(C(C)NC(=O)Cn2ccc3c(C)nn(C)c3c2=O)c1. The van der Waals surface area contributed by atoms with Gasteiger partial charge in [0.05, 0.1) is 18.8 Å². The Balaban J connectivity index is 1.77. The molecule has 0 aliphatic rings. The third-order valence-electron chi connectivity index (χ3n) is 4.44. The number of fused-ring (bicyclic) bond motifs is 1. The highest BCUT2D eigenvalue weighted by Gasteiger charge is 2.14. The maximum atomic E-state index is 12.6.